The number of carbonyl (C=O) groups is 1. The maximum absolute atomic E-state index is 11.0. The van der Waals surface area contributed by atoms with Crippen molar-refractivity contribution in [3.63, 3.8) is 0 Å². The Morgan fingerprint density at radius 3 is 2.65 bits per heavy atom. The van der Waals surface area contributed by atoms with Crippen LogP contribution in [0.4, 0.5) is 5.69 Å². The molecule has 106 valence electrons. The Kier molecular flexibility index (Phi) is 4.63. The third kappa shape index (κ3) is 3.74. The molecule has 0 amide bonds. The molecule has 1 N–H and O–H groups in total. The number of hydrogen-bond donors (Lipinski definition) is 1. The minimum atomic E-state index is -0.872. The summed E-state index contributed by atoms with van der Waals surface area (Å²) in [7, 11) is 0. The van der Waals surface area contributed by atoms with Gasteiger partial charge in [0.1, 0.15) is 6.54 Å². The zero-order valence-electron chi connectivity index (χ0n) is 11.2. The van der Waals surface area contributed by atoms with Crippen LogP contribution in [-0.4, -0.2) is 27.4 Å². The van der Waals surface area contributed by atoms with Crippen molar-refractivity contribution >= 4 is 23.3 Å². The SMILES string of the molecule is CCn1cc(CN(CC(=O)O)c2ccc(Cl)cc2)cn1. The second-order valence-electron chi connectivity index (χ2n) is 4.43. The summed E-state index contributed by atoms with van der Waals surface area (Å²) in [5.74, 6) is -0.872. The topological polar surface area (TPSA) is 58.4 Å². The second-order valence-corrected chi connectivity index (χ2v) is 4.87. The molecule has 0 saturated carbocycles. The largest absolute Gasteiger partial charge is 0.480 e. The summed E-state index contributed by atoms with van der Waals surface area (Å²) in [5, 5.41) is 13.9. The standard InChI is InChI=1S/C14H16ClN3O2/c1-2-18-9-11(7-16-18)8-17(10-14(19)20)13-5-3-12(15)4-6-13/h3-7,9H,2,8,10H2,1H3,(H,19,20). The second kappa shape index (κ2) is 6.43. The number of carboxylic acids is 1. The van der Waals surface area contributed by atoms with Crippen molar-refractivity contribution in [3.8, 4) is 0 Å². The lowest BCUT2D eigenvalue weighted by Gasteiger charge is -2.22. The zero-order valence-corrected chi connectivity index (χ0v) is 11.9. The Bertz CT molecular complexity index is 580. The van der Waals surface area contributed by atoms with Crippen molar-refractivity contribution in [2.45, 2.75) is 20.0 Å². The number of anilines is 1. The van der Waals surface area contributed by atoms with E-state index in [1.54, 1.807) is 23.2 Å². The Morgan fingerprint density at radius 1 is 1.40 bits per heavy atom. The molecule has 1 aromatic heterocycles. The Hall–Kier alpha value is -2.01. The third-order valence-electron chi connectivity index (χ3n) is 2.90. The molecule has 5 nitrogen and oxygen atoms in total. The number of rotatable bonds is 6. The van der Waals surface area contributed by atoms with E-state index in [4.69, 9.17) is 16.7 Å². The van der Waals surface area contributed by atoms with Gasteiger partial charge in [-0.15, -0.1) is 0 Å². The van der Waals surface area contributed by atoms with E-state index in [1.165, 1.54) is 0 Å². The molecule has 2 rings (SSSR count). The van der Waals surface area contributed by atoms with Crippen LogP contribution in [0.25, 0.3) is 0 Å². The van der Waals surface area contributed by atoms with Gasteiger partial charge in [0.25, 0.3) is 0 Å². The molecule has 2 aromatic rings. The van der Waals surface area contributed by atoms with Crippen molar-refractivity contribution < 1.29 is 9.90 Å². The van der Waals surface area contributed by atoms with Gasteiger partial charge >= 0.3 is 5.97 Å². The molecule has 1 heterocycles. The quantitative estimate of drug-likeness (QED) is 0.889. The predicted molar refractivity (Wildman–Crippen MR) is 78.0 cm³/mol. The van der Waals surface area contributed by atoms with Crippen molar-refractivity contribution in [3.05, 3.63) is 47.2 Å². The van der Waals surface area contributed by atoms with Gasteiger partial charge in [-0.1, -0.05) is 11.6 Å². The fourth-order valence-corrected chi connectivity index (χ4v) is 2.06. The average molecular weight is 294 g/mol. The van der Waals surface area contributed by atoms with Crippen molar-refractivity contribution in [1.29, 1.82) is 0 Å². The first-order valence-electron chi connectivity index (χ1n) is 6.32. The first-order chi connectivity index (χ1) is 9.58. The molecule has 0 fully saturated rings. The monoisotopic (exact) mass is 293 g/mol. The predicted octanol–water partition coefficient (Wildman–Crippen LogP) is 2.65. The normalized spacial score (nSPS) is 10.5. The Labute approximate surface area is 122 Å². The van der Waals surface area contributed by atoms with Gasteiger partial charge in [0.2, 0.25) is 0 Å². The summed E-state index contributed by atoms with van der Waals surface area (Å²) < 4.78 is 1.82. The molecule has 6 heteroatoms. The summed E-state index contributed by atoms with van der Waals surface area (Å²) >= 11 is 5.86. The highest BCUT2D eigenvalue weighted by Gasteiger charge is 2.12. The number of hydrogen-bond acceptors (Lipinski definition) is 3. The fourth-order valence-electron chi connectivity index (χ4n) is 1.94. The van der Waals surface area contributed by atoms with Gasteiger partial charge in [-0.3, -0.25) is 9.48 Å². The smallest absolute Gasteiger partial charge is 0.323 e. The molecular formula is C14H16ClN3O2. The van der Waals surface area contributed by atoms with E-state index in [0.717, 1.165) is 17.8 Å². The van der Waals surface area contributed by atoms with Gasteiger partial charge in [-0.25, -0.2) is 0 Å². The molecule has 0 unspecified atom stereocenters. The number of aliphatic carboxylic acids is 1. The van der Waals surface area contributed by atoms with Gasteiger partial charge in [0.15, 0.2) is 0 Å². The maximum atomic E-state index is 11.0. The van der Waals surface area contributed by atoms with Gasteiger partial charge in [0, 0.05) is 35.6 Å². The van der Waals surface area contributed by atoms with Crippen molar-refractivity contribution in [2.24, 2.45) is 0 Å². The summed E-state index contributed by atoms with van der Waals surface area (Å²) in [5.41, 5.74) is 1.80. The van der Waals surface area contributed by atoms with E-state index in [2.05, 4.69) is 5.10 Å². The van der Waals surface area contributed by atoms with Crippen LogP contribution in [0.1, 0.15) is 12.5 Å². The number of carboxylic acid groups (broad SMARTS) is 1. The van der Waals surface area contributed by atoms with E-state index < -0.39 is 5.97 Å². The molecule has 0 aliphatic heterocycles. The van der Waals surface area contributed by atoms with Gasteiger partial charge < -0.3 is 10.0 Å². The van der Waals surface area contributed by atoms with Crippen LogP contribution in [0.3, 0.4) is 0 Å². The van der Waals surface area contributed by atoms with Gasteiger partial charge in [-0.2, -0.15) is 5.10 Å². The molecule has 0 aliphatic carbocycles. The third-order valence-corrected chi connectivity index (χ3v) is 3.15. The van der Waals surface area contributed by atoms with Crippen LogP contribution in [0.2, 0.25) is 5.02 Å². The average Bonchev–Trinajstić information content (AvgIpc) is 2.86. The Morgan fingerprint density at radius 2 is 2.10 bits per heavy atom. The summed E-state index contributed by atoms with van der Waals surface area (Å²) in [6, 6.07) is 7.13. The van der Waals surface area contributed by atoms with Gasteiger partial charge in [-0.05, 0) is 31.2 Å². The lowest BCUT2D eigenvalue weighted by atomic mass is 10.2. The highest BCUT2D eigenvalue weighted by Crippen LogP contribution is 2.20. The number of aromatic nitrogens is 2. The maximum Gasteiger partial charge on any atom is 0.323 e. The van der Waals surface area contributed by atoms with Crippen molar-refractivity contribution in [2.75, 3.05) is 11.4 Å². The summed E-state index contributed by atoms with van der Waals surface area (Å²) in [4.78, 5) is 12.8. The van der Waals surface area contributed by atoms with Crippen LogP contribution in [-0.2, 0) is 17.9 Å². The van der Waals surface area contributed by atoms with Crippen LogP contribution in [0.5, 0.6) is 0 Å². The highest BCUT2D eigenvalue weighted by atomic mass is 35.5. The van der Waals surface area contributed by atoms with E-state index >= 15 is 0 Å². The van der Waals surface area contributed by atoms with E-state index in [-0.39, 0.29) is 6.54 Å². The molecular weight excluding hydrogens is 278 g/mol. The van der Waals surface area contributed by atoms with Gasteiger partial charge in [0.05, 0.1) is 6.20 Å². The molecule has 20 heavy (non-hydrogen) atoms. The van der Waals surface area contributed by atoms with Crippen LogP contribution in [0, 0.1) is 0 Å². The van der Waals surface area contributed by atoms with E-state index in [0.29, 0.717) is 11.6 Å². The highest BCUT2D eigenvalue weighted by molar-refractivity contribution is 6.30. The molecule has 0 saturated heterocycles. The van der Waals surface area contributed by atoms with Crippen molar-refractivity contribution in [1.82, 2.24) is 9.78 Å². The zero-order chi connectivity index (χ0) is 14.5. The molecule has 0 aliphatic rings. The number of benzene rings is 1. The first kappa shape index (κ1) is 14.4. The molecule has 0 radical (unpaired) electrons. The Balaban J connectivity index is 2.18. The van der Waals surface area contributed by atoms with Crippen LogP contribution >= 0.6 is 11.6 Å². The number of nitrogens with zero attached hydrogens (tertiary/aromatic N) is 3. The van der Waals surface area contributed by atoms with E-state index in [1.807, 2.05) is 29.9 Å². The first-order valence-corrected chi connectivity index (χ1v) is 6.70. The number of aryl methyl sites for hydroxylation is 1. The van der Waals surface area contributed by atoms with E-state index in [9.17, 15) is 4.79 Å². The number of halogens is 1. The molecule has 1 aromatic carbocycles. The molecule has 0 bridgehead atoms. The lowest BCUT2D eigenvalue weighted by Crippen LogP contribution is -2.29. The van der Waals surface area contributed by atoms with Crippen LogP contribution < -0.4 is 4.90 Å². The lowest BCUT2D eigenvalue weighted by molar-refractivity contribution is -0.135. The minimum absolute atomic E-state index is 0.0705. The summed E-state index contributed by atoms with van der Waals surface area (Å²) in [6.45, 7) is 3.22. The van der Waals surface area contributed by atoms with Crippen LogP contribution in [0.15, 0.2) is 36.7 Å². The molecule has 0 spiro atoms. The fraction of sp³-hybridized carbons (Fsp3) is 0.286. The minimum Gasteiger partial charge on any atom is -0.480 e. The summed E-state index contributed by atoms with van der Waals surface area (Å²) in [6.07, 6.45) is 3.68. The molecule has 0 atom stereocenters.